The van der Waals surface area contributed by atoms with Crippen molar-refractivity contribution in [3.8, 4) is 0 Å². The molecule has 0 heterocycles. The van der Waals surface area contributed by atoms with Gasteiger partial charge in [-0.1, -0.05) is 0 Å². The number of carbonyl (C=O) groups is 2. The molecule has 92 valence electrons. The molecule has 0 unspecified atom stereocenters. The van der Waals surface area contributed by atoms with Gasteiger partial charge in [0.15, 0.2) is 5.78 Å². The number of hydrogen-bond donors (Lipinski definition) is 3. The standard InChI is InChI=1S/C11H14N2O3S/c1-17-6-2-3-8(12)7(4-6)10(14)5-9(13)11(15)16/h2-4,9H,5,12-13H2,1H3,(H,15,16)/t9-/m1/s1. The molecule has 0 aliphatic carbocycles. The molecule has 0 saturated heterocycles. The Kier molecular flexibility index (Phi) is 4.53. The Labute approximate surface area is 103 Å². The van der Waals surface area contributed by atoms with Crippen LogP contribution in [-0.4, -0.2) is 29.2 Å². The van der Waals surface area contributed by atoms with Gasteiger partial charge in [-0.2, -0.15) is 0 Å². The number of Topliss-reactive ketones (excluding diaryl/α,β-unsaturated/α-hetero) is 1. The third-order valence-electron chi connectivity index (χ3n) is 2.28. The van der Waals surface area contributed by atoms with Crippen molar-refractivity contribution in [3.63, 3.8) is 0 Å². The van der Waals surface area contributed by atoms with Crippen molar-refractivity contribution in [1.82, 2.24) is 0 Å². The Morgan fingerprint density at radius 2 is 2.12 bits per heavy atom. The first-order valence-corrected chi connectivity index (χ1v) is 6.13. The maximum Gasteiger partial charge on any atom is 0.320 e. The summed E-state index contributed by atoms with van der Waals surface area (Å²) in [6, 6.07) is 3.88. The average Bonchev–Trinajstić information content (AvgIpc) is 2.29. The van der Waals surface area contributed by atoms with Gasteiger partial charge in [0, 0.05) is 22.6 Å². The van der Waals surface area contributed by atoms with Gasteiger partial charge in [0.05, 0.1) is 0 Å². The number of anilines is 1. The zero-order valence-electron chi connectivity index (χ0n) is 9.34. The topological polar surface area (TPSA) is 106 Å². The Bertz CT molecular complexity index is 448. The highest BCUT2D eigenvalue weighted by molar-refractivity contribution is 7.98. The molecular weight excluding hydrogens is 240 g/mol. The quantitative estimate of drug-likeness (QED) is 0.411. The molecule has 1 rings (SSSR count). The lowest BCUT2D eigenvalue weighted by molar-refractivity contribution is -0.138. The van der Waals surface area contributed by atoms with Crippen molar-refractivity contribution in [3.05, 3.63) is 23.8 Å². The van der Waals surface area contributed by atoms with Crippen molar-refractivity contribution in [2.45, 2.75) is 17.4 Å². The first kappa shape index (κ1) is 13.5. The van der Waals surface area contributed by atoms with Crippen molar-refractivity contribution in [2.75, 3.05) is 12.0 Å². The van der Waals surface area contributed by atoms with Crippen LogP contribution in [0.5, 0.6) is 0 Å². The number of benzene rings is 1. The highest BCUT2D eigenvalue weighted by Gasteiger charge is 2.19. The lowest BCUT2D eigenvalue weighted by atomic mass is 10.0. The summed E-state index contributed by atoms with van der Waals surface area (Å²) in [6.07, 6.45) is 1.63. The lowest BCUT2D eigenvalue weighted by Gasteiger charge is -2.09. The summed E-state index contributed by atoms with van der Waals surface area (Å²) in [6.45, 7) is 0. The Morgan fingerprint density at radius 1 is 1.47 bits per heavy atom. The van der Waals surface area contributed by atoms with Gasteiger partial charge in [-0.15, -0.1) is 11.8 Å². The number of aliphatic carboxylic acids is 1. The summed E-state index contributed by atoms with van der Waals surface area (Å²) in [5.41, 5.74) is 11.7. The minimum Gasteiger partial charge on any atom is -0.480 e. The number of hydrogen-bond acceptors (Lipinski definition) is 5. The van der Waals surface area contributed by atoms with Crippen LogP contribution in [0.3, 0.4) is 0 Å². The summed E-state index contributed by atoms with van der Waals surface area (Å²) >= 11 is 1.48. The maximum atomic E-state index is 11.8. The van der Waals surface area contributed by atoms with Gasteiger partial charge >= 0.3 is 5.97 Å². The van der Waals surface area contributed by atoms with Gasteiger partial charge in [-0.3, -0.25) is 9.59 Å². The average molecular weight is 254 g/mol. The number of carboxylic acid groups (broad SMARTS) is 1. The van der Waals surface area contributed by atoms with Crippen LogP contribution in [-0.2, 0) is 4.79 Å². The third kappa shape index (κ3) is 3.47. The van der Waals surface area contributed by atoms with Gasteiger partial charge in [0.25, 0.3) is 0 Å². The highest BCUT2D eigenvalue weighted by Crippen LogP contribution is 2.22. The Morgan fingerprint density at radius 3 is 2.65 bits per heavy atom. The van der Waals surface area contributed by atoms with Crippen LogP contribution >= 0.6 is 11.8 Å². The summed E-state index contributed by atoms with van der Waals surface area (Å²) in [5.74, 6) is -1.55. The maximum absolute atomic E-state index is 11.8. The normalized spacial score (nSPS) is 12.1. The van der Waals surface area contributed by atoms with Gasteiger partial charge in [-0.25, -0.2) is 0 Å². The molecule has 0 radical (unpaired) electrons. The molecule has 6 heteroatoms. The predicted octanol–water partition coefficient (Wildman–Crippen LogP) is 0.975. The fourth-order valence-corrected chi connectivity index (χ4v) is 1.74. The SMILES string of the molecule is CSc1ccc(N)c(C(=O)C[C@@H](N)C(=O)O)c1. The van der Waals surface area contributed by atoms with E-state index in [1.54, 1.807) is 18.2 Å². The summed E-state index contributed by atoms with van der Waals surface area (Å²) in [4.78, 5) is 23.3. The van der Waals surface area contributed by atoms with Crippen molar-refractivity contribution in [2.24, 2.45) is 5.73 Å². The number of nitrogen functional groups attached to an aromatic ring is 1. The number of rotatable bonds is 5. The molecule has 1 atom stereocenters. The van der Waals surface area contributed by atoms with Crippen molar-refractivity contribution >= 4 is 29.2 Å². The van der Waals surface area contributed by atoms with Crippen LogP contribution in [0.4, 0.5) is 5.69 Å². The van der Waals surface area contributed by atoms with E-state index in [4.69, 9.17) is 16.6 Å². The number of ketones is 1. The molecule has 0 fully saturated rings. The van der Waals surface area contributed by atoms with E-state index < -0.39 is 12.0 Å². The zero-order valence-corrected chi connectivity index (χ0v) is 10.2. The molecular formula is C11H14N2O3S. The first-order valence-electron chi connectivity index (χ1n) is 4.90. The molecule has 1 aromatic rings. The molecule has 0 saturated carbocycles. The summed E-state index contributed by atoms with van der Waals surface area (Å²) < 4.78 is 0. The van der Waals surface area contributed by atoms with Crippen LogP contribution in [0.1, 0.15) is 16.8 Å². The molecule has 0 aliphatic rings. The molecule has 0 amide bonds. The van der Waals surface area contributed by atoms with E-state index in [-0.39, 0.29) is 12.2 Å². The van der Waals surface area contributed by atoms with E-state index in [0.29, 0.717) is 11.3 Å². The van der Waals surface area contributed by atoms with Crippen LogP contribution in [0.25, 0.3) is 0 Å². The fraction of sp³-hybridized carbons (Fsp3) is 0.273. The summed E-state index contributed by atoms with van der Waals surface area (Å²) in [5, 5.41) is 8.64. The summed E-state index contributed by atoms with van der Waals surface area (Å²) in [7, 11) is 0. The highest BCUT2D eigenvalue weighted by atomic mass is 32.2. The van der Waals surface area contributed by atoms with Crippen molar-refractivity contribution in [1.29, 1.82) is 0 Å². The van der Waals surface area contributed by atoms with Gasteiger partial charge in [0.1, 0.15) is 6.04 Å². The Balaban J connectivity index is 2.91. The smallest absolute Gasteiger partial charge is 0.320 e. The van der Waals surface area contributed by atoms with Gasteiger partial charge in [-0.05, 0) is 24.5 Å². The monoisotopic (exact) mass is 254 g/mol. The van der Waals surface area contributed by atoms with E-state index in [1.165, 1.54) is 11.8 Å². The van der Waals surface area contributed by atoms with Gasteiger partial charge in [0.2, 0.25) is 0 Å². The van der Waals surface area contributed by atoms with E-state index in [2.05, 4.69) is 0 Å². The lowest BCUT2D eigenvalue weighted by Crippen LogP contribution is -2.32. The molecule has 0 aliphatic heterocycles. The van der Waals surface area contributed by atoms with E-state index in [9.17, 15) is 9.59 Å². The second-order valence-electron chi connectivity index (χ2n) is 3.53. The largest absolute Gasteiger partial charge is 0.480 e. The molecule has 0 bridgehead atoms. The van der Waals surface area contributed by atoms with Crippen LogP contribution < -0.4 is 11.5 Å². The molecule has 5 nitrogen and oxygen atoms in total. The first-order chi connectivity index (χ1) is 7.95. The second kappa shape index (κ2) is 5.70. The molecule has 0 spiro atoms. The van der Waals surface area contributed by atoms with Gasteiger partial charge < -0.3 is 16.6 Å². The van der Waals surface area contributed by atoms with Crippen LogP contribution in [0.15, 0.2) is 23.1 Å². The minimum absolute atomic E-state index is 0.253. The van der Waals surface area contributed by atoms with Crippen LogP contribution in [0, 0.1) is 0 Å². The third-order valence-corrected chi connectivity index (χ3v) is 3.01. The van der Waals surface area contributed by atoms with E-state index >= 15 is 0 Å². The Hall–Kier alpha value is -1.53. The minimum atomic E-state index is -1.20. The number of thioether (sulfide) groups is 1. The molecule has 0 aromatic heterocycles. The molecule has 1 aromatic carbocycles. The fourth-order valence-electron chi connectivity index (χ4n) is 1.30. The molecule has 5 N–H and O–H groups in total. The van der Waals surface area contributed by atoms with Crippen LogP contribution in [0.2, 0.25) is 0 Å². The number of nitrogens with two attached hydrogens (primary N) is 2. The molecule has 17 heavy (non-hydrogen) atoms. The number of carboxylic acids is 1. The number of carbonyl (C=O) groups excluding carboxylic acids is 1. The predicted molar refractivity (Wildman–Crippen MR) is 67.2 cm³/mol. The van der Waals surface area contributed by atoms with Crippen molar-refractivity contribution < 1.29 is 14.7 Å². The van der Waals surface area contributed by atoms with E-state index in [1.807, 2.05) is 6.26 Å². The zero-order chi connectivity index (χ0) is 13.0. The van der Waals surface area contributed by atoms with E-state index in [0.717, 1.165) is 4.90 Å². The second-order valence-corrected chi connectivity index (χ2v) is 4.40.